The molecular weight excluding hydrogens is 395 g/mol. The van der Waals surface area contributed by atoms with E-state index in [1.165, 1.54) is 12.1 Å². The summed E-state index contributed by atoms with van der Waals surface area (Å²) in [6, 6.07) is 21.9. The number of amides is 1. The number of aromatic amines is 1. The number of rotatable bonds is 8. The molecule has 158 valence electrons. The van der Waals surface area contributed by atoms with Gasteiger partial charge in [0.2, 0.25) is 0 Å². The zero-order chi connectivity index (χ0) is 21.6. The van der Waals surface area contributed by atoms with Crippen LogP contribution in [0.4, 0.5) is 4.39 Å². The highest BCUT2D eigenvalue weighted by Crippen LogP contribution is 2.31. The minimum atomic E-state index is -0.495. The molecule has 1 heterocycles. The maximum atomic E-state index is 13.7. The first kappa shape index (κ1) is 20.5. The van der Waals surface area contributed by atoms with E-state index in [2.05, 4.69) is 16.4 Å². The predicted octanol–water partition coefficient (Wildman–Crippen LogP) is 4.64. The Balaban J connectivity index is 1.52. The fraction of sp³-hybridized carbons (Fsp3) is 0.160. The summed E-state index contributed by atoms with van der Waals surface area (Å²) in [5.41, 5.74) is 3.15. The van der Waals surface area contributed by atoms with Crippen molar-refractivity contribution in [2.45, 2.75) is 5.92 Å². The van der Waals surface area contributed by atoms with E-state index < -0.39 is 5.82 Å². The lowest BCUT2D eigenvalue weighted by atomic mass is 9.91. The van der Waals surface area contributed by atoms with E-state index in [4.69, 9.17) is 9.47 Å². The van der Waals surface area contributed by atoms with Crippen LogP contribution >= 0.6 is 0 Å². The second-order valence-electron chi connectivity index (χ2n) is 7.14. The normalized spacial score (nSPS) is 11.8. The molecule has 0 spiro atoms. The van der Waals surface area contributed by atoms with Crippen LogP contribution in [-0.4, -0.2) is 31.2 Å². The molecule has 0 unspecified atom stereocenters. The van der Waals surface area contributed by atoms with Gasteiger partial charge in [-0.2, -0.15) is 0 Å². The molecule has 4 rings (SSSR count). The van der Waals surface area contributed by atoms with Crippen molar-refractivity contribution >= 4 is 16.8 Å². The lowest BCUT2D eigenvalue weighted by Crippen LogP contribution is -2.32. The number of methoxy groups -OCH3 is 1. The topological polar surface area (TPSA) is 63.4 Å². The molecule has 5 nitrogen and oxygen atoms in total. The second-order valence-corrected chi connectivity index (χ2v) is 7.14. The molecule has 6 heteroatoms. The van der Waals surface area contributed by atoms with Crippen molar-refractivity contribution < 1.29 is 18.7 Å². The first-order valence-electron chi connectivity index (χ1n) is 9.99. The minimum Gasteiger partial charge on any atom is -0.497 e. The zero-order valence-corrected chi connectivity index (χ0v) is 17.1. The average Bonchev–Trinajstić information content (AvgIpc) is 3.23. The Labute approximate surface area is 179 Å². The number of fused-ring (bicyclic) bond motifs is 1. The number of aromatic nitrogens is 1. The number of halogens is 1. The van der Waals surface area contributed by atoms with Gasteiger partial charge in [-0.15, -0.1) is 0 Å². The number of hydrogen-bond acceptors (Lipinski definition) is 3. The van der Waals surface area contributed by atoms with E-state index in [1.54, 1.807) is 19.2 Å². The molecule has 0 radical (unpaired) electrons. The third-order valence-corrected chi connectivity index (χ3v) is 5.21. The van der Waals surface area contributed by atoms with Crippen LogP contribution in [0.2, 0.25) is 0 Å². The van der Waals surface area contributed by atoms with Gasteiger partial charge < -0.3 is 19.8 Å². The van der Waals surface area contributed by atoms with E-state index in [0.29, 0.717) is 6.54 Å². The number of H-pyrrole nitrogens is 1. The molecule has 0 aliphatic rings. The highest BCUT2D eigenvalue weighted by molar-refractivity contribution is 5.84. The Morgan fingerprint density at radius 3 is 2.55 bits per heavy atom. The molecule has 4 aromatic rings. The lowest BCUT2D eigenvalue weighted by molar-refractivity contribution is -0.123. The van der Waals surface area contributed by atoms with Gasteiger partial charge in [-0.3, -0.25) is 4.79 Å². The molecule has 1 atom stereocenters. The van der Waals surface area contributed by atoms with Gasteiger partial charge in [-0.05, 0) is 41.5 Å². The van der Waals surface area contributed by atoms with Gasteiger partial charge in [0.25, 0.3) is 5.91 Å². The van der Waals surface area contributed by atoms with Crippen LogP contribution < -0.4 is 14.8 Å². The van der Waals surface area contributed by atoms with E-state index in [-0.39, 0.29) is 24.2 Å². The molecule has 0 bridgehead atoms. The number of benzene rings is 3. The van der Waals surface area contributed by atoms with Crippen LogP contribution in [0.5, 0.6) is 11.5 Å². The van der Waals surface area contributed by atoms with E-state index >= 15 is 0 Å². The standard InChI is InChI=1S/C25H23FN2O3/c1-30-18-12-10-17(11-13-18)20(21-15-27-23-8-4-2-6-19(21)23)14-28-25(29)16-31-24-9-5-3-7-22(24)26/h2-13,15,20,27H,14,16H2,1H3,(H,28,29)/t20-/m1/s1. The first-order chi connectivity index (χ1) is 15.2. The van der Waals surface area contributed by atoms with Gasteiger partial charge >= 0.3 is 0 Å². The smallest absolute Gasteiger partial charge is 0.257 e. The Bertz CT molecular complexity index is 1170. The van der Waals surface area contributed by atoms with Crippen LogP contribution in [0, 0.1) is 5.82 Å². The summed E-state index contributed by atoms with van der Waals surface area (Å²) >= 11 is 0. The first-order valence-corrected chi connectivity index (χ1v) is 9.99. The van der Waals surface area contributed by atoms with Crippen molar-refractivity contribution in [3.63, 3.8) is 0 Å². The maximum absolute atomic E-state index is 13.7. The van der Waals surface area contributed by atoms with E-state index in [1.807, 2.05) is 48.7 Å². The van der Waals surface area contributed by atoms with Crippen LogP contribution in [-0.2, 0) is 4.79 Å². The predicted molar refractivity (Wildman–Crippen MR) is 118 cm³/mol. The van der Waals surface area contributed by atoms with Crippen LogP contribution in [0.25, 0.3) is 10.9 Å². The number of ether oxygens (including phenoxy) is 2. The number of hydrogen-bond donors (Lipinski definition) is 2. The summed E-state index contributed by atoms with van der Waals surface area (Å²) in [5, 5.41) is 4.02. The quantitative estimate of drug-likeness (QED) is 0.438. The van der Waals surface area contributed by atoms with Crippen LogP contribution in [0.3, 0.4) is 0 Å². The van der Waals surface area contributed by atoms with Crippen molar-refractivity contribution in [3.05, 3.63) is 95.9 Å². The molecular formula is C25H23FN2O3. The van der Waals surface area contributed by atoms with Gasteiger partial charge in [0, 0.05) is 29.6 Å². The molecule has 1 amide bonds. The van der Waals surface area contributed by atoms with Gasteiger partial charge in [0.05, 0.1) is 7.11 Å². The average molecular weight is 418 g/mol. The van der Waals surface area contributed by atoms with Crippen molar-refractivity contribution in [1.29, 1.82) is 0 Å². The fourth-order valence-electron chi connectivity index (χ4n) is 3.60. The molecule has 0 aliphatic heterocycles. The third kappa shape index (κ3) is 4.69. The minimum absolute atomic E-state index is 0.0565. The molecule has 0 fully saturated rings. The second kappa shape index (κ2) is 9.34. The Morgan fingerprint density at radius 2 is 1.77 bits per heavy atom. The Hall–Kier alpha value is -3.80. The molecule has 0 saturated heterocycles. The van der Waals surface area contributed by atoms with Crippen LogP contribution in [0.1, 0.15) is 17.0 Å². The summed E-state index contributed by atoms with van der Waals surface area (Å²) in [7, 11) is 1.63. The molecule has 31 heavy (non-hydrogen) atoms. The largest absolute Gasteiger partial charge is 0.497 e. The van der Waals surface area contributed by atoms with Gasteiger partial charge in [-0.1, -0.05) is 42.5 Å². The van der Waals surface area contributed by atoms with Crippen LogP contribution in [0.15, 0.2) is 79.0 Å². The SMILES string of the molecule is COc1ccc([C@@H](CNC(=O)COc2ccccc2F)c2c[nH]c3ccccc23)cc1. The third-order valence-electron chi connectivity index (χ3n) is 5.21. The highest BCUT2D eigenvalue weighted by Gasteiger charge is 2.19. The molecule has 1 aromatic heterocycles. The molecule has 0 aliphatic carbocycles. The summed E-state index contributed by atoms with van der Waals surface area (Å²) < 4.78 is 24.3. The van der Waals surface area contributed by atoms with Gasteiger partial charge in [-0.25, -0.2) is 4.39 Å². The number of nitrogens with one attached hydrogen (secondary N) is 2. The summed E-state index contributed by atoms with van der Waals surface area (Å²) in [6.07, 6.45) is 1.97. The maximum Gasteiger partial charge on any atom is 0.257 e. The zero-order valence-electron chi connectivity index (χ0n) is 17.1. The van der Waals surface area contributed by atoms with Crippen molar-refractivity contribution in [2.24, 2.45) is 0 Å². The number of carbonyl (C=O) groups excluding carboxylic acids is 1. The Kier molecular flexibility index (Phi) is 6.17. The summed E-state index contributed by atoms with van der Waals surface area (Å²) in [6.45, 7) is 0.109. The number of carbonyl (C=O) groups is 1. The molecule has 0 saturated carbocycles. The van der Waals surface area contributed by atoms with Gasteiger partial charge in [0.1, 0.15) is 5.75 Å². The molecule has 3 aromatic carbocycles. The van der Waals surface area contributed by atoms with E-state index in [0.717, 1.165) is 27.8 Å². The van der Waals surface area contributed by atoms with E-state index in [9.17, 15) is 9.18 Å². The lowest BCUT2D eigenvalue weighted by Gasteiger charge is -2.19. The highest BCUT2D eigenvalue weighted by atomic mass is 19.1. The van der Waals surface area contributed by atoms with Crippen molar-refractivity contribution in [1.82, 2.24) is 10.3 Å². The van der Waals surface area contributed by atoms with Crippen molar-refractivity contribution in [3.8, 4) is 11.5 Å². The molecule has 2 N–H and O–H groups in total. The fourth-order valence-corrected chi connectivity index (χ4v) is 3.60. The van der Waals surface area contributed by atoms with Crippen molar-refractivity contribution in [2.75, 3.05) is 20.3 Å². The van der Waals surface area contributed by atoms with Gasteiger partial charge in [0.15, 0.2) is 18.2 Å². The number of para-hydroxylation sites is 2. The summed E-state index contributed by atoms with van der Waals surface area (Å²) in [5.74, 6) is -0.0731. The monoisotopic (exact) mass is 418 g/mol. The summed E-state index contributed by atoms with van der Waals surface area (Å²) in [4.78, 5) is 15.7. The Morgan fingerprint density at radius 1 is 1.03 bits per heavy atom.